The number of carbonyl (C=O) groups is 2. The Bertz CT molecular complexity index is 767. The minimum atomic E-state index is -0.665. The smallest absolute Gasteiger partial charge is 0.251 e. The van der Waals surface area contributed by atoms with Gasteiger partial charge in [0.15, 0.2) is 0 Å². The van der Waals surface area contributed by atoms with Gasteiger partial charge < -0.3 is 10.6 Å². The largest absolute Gasteiger partial charge is 0.350 e. The average Bonchev–Trinajstić information content (AvgIpc) is 2.64. The number of thioether (sulfide) groups is 1. The molecule has 0 unspecified atom stereocenters. The summed E-state index contributed by atoms with van der Waals surface area (Å²) in [5.74, 6) is -0.243. The van der Waals surface area contributed by atoms with Crippen LogP contribution in [0.2, 0.25) is 0 Å². The van der Waals surface area contributed by atoms with Crippen molar-refractivity contribution in [2.75, 3.05) is 12.0 Å². The lowest BCUT2D eigenvalue weighted by atomic mass is 10.1. The van der Waals surface area contributed by atoms with Crippen LogP contribution in [0.15, 0.2) is 48.5 Å². The van der Waals surface area contributed by atoms with Gasteiger partial charge >= 0.3 is 0 Å². The summed E-state index contributed by atoms with van der Waals surface area (Å²) < 4.78 is 13.7. The van der Waals surface area contributed by atoms with Crippen LogP contribution in [0.1, 0.15) is 27.9 Å². The molecular weight excluding hydrogens is 351 g/mol. The molecule has 0 aliphatic rings. The first kappa shape index (κ1) is 20.0. The maximum Gasteiger partial charge on any atom is 0.251 e. The minimum absolute atomic E-state index is 0.0849. The summed E-state index contributed by atoms with van der Waals surface area (Å²) in [6.07, 6.45) is 2.44. The van der Waals surface area contributed by atoms with Crippen molar-refractivity contribution in [2.45, 2.75) is 25.9 Å². The molecule has 2 rings (SSSR count). The molecule has 2 amide bonds. The third-order valence-electron chi connectivity index (χ3n) is 3.92. The maximum absolute atomic E-state index is 13.7. The van der Waals surface area contributed by atoms with Gasteiger partial charge in [-0.15, -0.1) is 0 Å². The van der Waals surface area contributed by atoms with E-state index in [2.05, 4.69) is 10.6 Å². The van der Waals surface area contributed by atoms with Crippen LogP contribution in [-0.2, 0) is 11.3 Å². The van der Waals surface area contributed by atoms with Crippen molar-refractivity contribution in [1.29, 1.82) is 0 Å². The van der Waals surface area contributed by atoms with Crippen molar-refractivity contribution in [3.8, 4) is 0 Å². The number of carbonyl (C=O) groups excluding carboxylic acids is 2. The molecule has 0 radical (unpaired) electrons. The molecule has 0 aliphatic carbocycles. The summed E-state index contributed by atoms with van der Waals surface area (Å²) in [4.78, 5) is 25.0. The van der Waals surface area contributed by atoms with Gasteiger partial charge in [0.1, 0.15) is 11.9 Å². The van der Waals surface area contributed by atoms with Crippen molar-refractivity contribution in [3.63, 3.8) is 0 Å². The molecule has 0 saturated carbocycles. The molecule has 4 nitrogen and oxygen atoms in total. The van der Waals surface area contributed by atoms with Gasteiger partial charge in [-0.3, -0.25) is 9.59 Å². The Balaban J connectivity index is 2.02. The fourth-order valence-electron chi connectivity index (χ4n) is 2.48. The van der Waals surface area contributed by atoms with Gasteiger partial charge in [-0.05, 0) is 43.6 Å². The lowest BCUT2D eigenvalue weighted by Crippen LogP contribution is -2.47. The van der Waals surface area contributed by atoms with Crippen LogP contribution in [-0.4, -0.2) is 29.9 Å². The second kappa shape index (κ2) is 9.97. The molecule has 0 heterocycles. The van der Waals surface area contributed by atoms with Gasteiger partial charge in [0, 0.05) is 17.7 Å². The third-order valence-corrected chi connectivity index (χ3v) is 4.57. The van der Waals surface area contributed by atoms with Crippen molar-refractivity contribution in [1.82, 2.24) is 10.6 Å². The van der Waals surface area contributed by atoms with E-state index in [0.717, 1.165) is 11.3 Å². The molecule has 2 aromatic carbocycles. The summed E-state index contributed by atoms with van der Waals surface area (Å²) in [6, 6.07) is 12.8. The molecular formula is C20H23FN2O2S. The zero-order valence-corrected chi connectivity index (χ0v) is 15.7. The van der Waals surface area contributed by atoms with Crippen LogP contribution < -0.4 is 10.6 Å². The van der Waals surface area contributed by atoms with Gasteiger partial charge in [0.25, 0.3) is 5.91 Å². The van der Waals surface area contributed by atoms with Crippen LogP contribution in [0.3, 0.4) is 0 Å². The standard InChI is InChI=1S/C20H23FN2O2S/c1-14-6-5-8-15(12-14)19(24)23-18(10-11-26-2)20(25)22-13-16-7-3-4-9-17(16)21/h3-9,12,18H,10-11,13H2,1-2H3,(H,22,25)(H,23,24)/t18-/m1/s1. The molecule has 0 saturated heterocycles. The summed E-state index contributed by atoms with van der Waals surface area (Å²) in [6.45, 7) is 1.99. The number of aryl methyl sites for hydroxylation is 1. The van der Waals surface area contributed by atoms with E-state index in [9.17, 15) is 14.0 Å². The van der Waals surface area contributed by atoms with Crippen molar-refractivity contribution < 1.29 is 14.0 Å². The molecule has 0 aromatic heterocycles. The average molecular weight is 374 g/mol. The fourth-order valence-corrected chi connectivity index (χ4v) is 2.95. The zero-order valence-electron chi connectivity index (χ0n) is 14.9. The predicted molar refractivity (Wildman–Crippen MR) is 104 cm³/mol. The van der Waals surface area contributed by atoms with Crippen LogP contribution in [0.4, 0.5) is 4.39 Å². The summed E-state index contributed by atoms with van der Waals surface area (Å²) in [7, 11) is 0. The Hall–Kier alpha value is -2.34. The number of benzene rings is 2. The minimum Gasteiger partial charge on any atom is -0.350 e. The Labute approximate surface area is 157 Å². The Morgan fingerprint density at radius 1 is 1.15 bits per heavy atom. The van der Waals surface area contributed by atoms with Crippen molar-refractivity contribution in [3.05, 3.63) is 71.0 Å². The Morgan fingerprint density at radius 2 is 1.92 bits per heavy atom. The number of amides is 2. The molecule has 26 heavy (non-hydrogen) atoms. The SMILES string of the molecule is CSCC[C@@H](NC(=O)c1cccc(C)c1)C(=O)NCc1ccccc1F. The van der Waals surface area contributed by atoms with Crippen LogP contribution in [0.25, 0.3) is 0 Å². The van der Waals surface area contributed by atoms with Gasteiger partial charge in [0.05, 0.1) is 0 Å². The molecule has 0 bridgehead atoms. The van der Waals surface area contributed by atoms with Crippen molar-refractivity contribution in [2.24, 2.45) is 0 Å². The summed E-state index contributed by atoms with van der Waals surface area (Å²) in [5.41, 5.74) is 1.90. The third kappa shape index (κ3) is 5.88. The van der Waals surface area contributed by atoms with E-state index < -0.39 is 6.04 Å². The zero-order chi connectivity index (χ0) is 18.9. The Kier molecular flexibility index (Phi) is 7.66. The highest BCUT2D eigenvalue weighted by Gasteiger charge is 2.21. The predicted octanol–water partition coefficient (Wildman–Crippen LogP) is 3.30. The number of hydrogen-bond acceptors (Lipinski definition) is 3. The van der Waals surface area contributed by atoms with Crippen LogP contribution >= 0.6 is 11.8 Å². The molecule has 2 aromatic rings. The first-order chi connectivity index (χ1) is 12.5. The van der Waals surface area contributed by atoms with E-state index in [1.807, 2.05) is 19.2 Å². The highest BCUT2D eigenvalue weighted by Crippen LogP contribution is 2.08. The quantitative estimate of drug-likeness (QED) is 0.745. The van der Waals surface area contributed by atoms with Gasteiger partial charge in [-0.1, -0.05) is 35.9 Å². The van der Waals surface area contributed by atoms with E-state index in [4.69, 9.17) is 0 Å². The molecule has 0 spiro atoms. The summed E-state index contributed by atoms with van der Waals surface area (Å²) in [5, 5.41) is 5.50. The van der Waals surface area contributed by atoms with E-state index in [-0.39, 0.29) is 24.2 Å². The van der Waals surface area contributed by atoms with E-state index >= 15 is 0 Å². The number of hydrogen-bond donors (Lipinski definition) is 2. The highest BCUT2D eigenvalue weighted by atomic mass is 32.2. The van der Waals surface area contributed by atoms with Gasteiger partial charge in [-0.25, -0.2) is 4.39 Å². The molecule has 1 atom stereocenters. The monoisotopic (exact) mass is 374 g/mol. The topological polar surface area (TPSA) is 58.2 Å². The maximum atomic E-state index is 13.7. The second-order valence-electron chi connectivity index (χ2n) is 5.99. The Morgan fingerprint density at radius 3 is 2.62 bits per heavy atom. The number of nitrogens with one attached hydrogen (secondary N) is 2. The molecule has 2 N–H and O–H groups in total. The van der Waals surface area contributed by atoms with Gasteiger partial charge in [0.2, 0.25) is 5.91 Å². The van der Waals surface area contributed by atoms with Crippen molar-refractivity contribution >= 4 is 23.6 Å². The molecule has 138 valence electrons. The van der Waals surface area contributed by atoms with E-state index in [1.54, 1.807) is 48.2 Å². The summed E-state index contributed by atoms with van der Waals surface area (Å²) >= 11 is 1.60. The van der Waals surface area contributed by atoms with Gasteiger partial charge in [-0.2, -0.15) is 11.8 Å². The molecule has 0 aliphatic heterocycles. The van der Waals surface area contributed by atoms with E-state index in [1.165, 1.54) is 6.07 Å². The van der Waals surface area contributed by atoms with E-state index in [0.29, 0.717) is 17.5 Å². The molecule has 6 heteroatoms. The first-order valence-electron chi connectivity index (χ1n) is 8.39. The fraction of sp³-hybridized carbons (Fsp3) is 0.300. The lowest BCUT2D eigenvalue weighted by molar-refractivity contribution is -0.123. The number of rotatable bonds is 8. The van der Waals surface area contributed by atoms with Crippen LogP contribution in [0.5, 0.6) is 0 Å². The second-order valence-corrected chi connectivity index (χ2v) is 6.97. The normalized spacial score (nSPS) is 11.7. The highest BCUT2D eigenvalue weighted by molar-refractivity contribution is 7.98. The number of halogens is 1. The van der Waals surface area contributed by atoms with Crippen LogP contribution in [0, 0.1) is 12.7 Å². The first-order valence-corrected chi connectivity index (χ1v) is 9.78. The molecule has 0 fully saturated rings. The lowest BCUT2D eigenvalue weighted by Gasteiger charge is -2.18.